The van der Waals surface area contributed by atoms with Crippen LogP contribution in [-0.2, 0) is 19.7 Å². The van der Waals surface area contributed by atoms with Gasteiger partial charge in [-0.3, -0.25) is 4.79 Å². The number of nitrogens with one attached hydrogen (secondary N) is 2. The smallest absolute Gasteiger partial charge is 0.282 e. The molecule has 0 atom stereocenters. The number of piperazine rings is 1. The fourth-order valence-electron chi connectivity index (χ4n) is 3.12. The number of anilines is 1. The van der Waals surface area contributed by atoms with Gasteiger partial charge < -0.3 is 15.0 Å². The lowest BCUT2D eigenvalue weighted by atomic mass is 10.3. The van der Waals surface area contributed by atoms with Crippen LogP contribution in [0.5, 0.6) is 0 Å². The van der Waals surface area contributed by atoms with Gasteiger partial charge in [-0.1, -0.05) is 15.9 Å². The van der Waals surface area contributed by atoms with Gasteiger partial charge in [0.05, 0.1) is 39.4 Å². The fraction of sp³-hybridized carbons (Fsp3) is 0.562. The molecular formula is C16H24BrN4O4S+. The van der Waals surface area contributed by atoms with Gasteiger partial charge in [0.15, 0.2) is 6.54 Å². The lowest BCUT2D eigenvalue weighted by Gasteiger charge is -2.35. The highest BCUT2D eigenvalue weighted by molar-refractivity contribution is 9.10. The van der Waals surface area contributed by atoms with Crippen LogP contribution in [0.2, 0.25) is 0 Å². The molecule has 1 aromatic rings. The van der Waals surface area contributed by atoms with E-state index in [0.29, 0.717) is 59.0 Å². The molecule has 0 bridgehead atoms. The summed E-state index contributed by atoms with van der Waals surface area (Å²) in [5.41, 5.74) is 0.756. The van der Waals surface area contributed by atoms with E-state index in [2.05, 4.69) is 21.2 Å². The van der Waals surface area contributed by atoms with E-state index in [1.807, 2.05) is 24.3 Å². The standard InChI is InChI=1S/C16H23BrN4O4S/c17-14-1-3-15(4-2-14)18-16(22)13-19-5-7-20(8-6-19)26(23,24)21-9-11-25-12-10-21/h1-4H,5-13H2,(H,18,22)/p+1. The SMILES string of the molecule is O=C(C[NH+]1CCN(S(=O)(=O)N2CCOCC2)CC1)Nc1ccc(Br)cc1. The zero-order valence-electron chi connectivity index (χ0n) is 14.5. The Labute approximate surface area is 162 Å². The molecule has 2 fully saturated rings. The molecule has 0 aromatic heterocycles. The van der Waals surface area contributed by atoms with Crippen LogP contribution in [0, 0.1) is 0 Å². The van der Waals surface area contributed by atoms with E-state index in [4.69, 9.17) is 4.74 Å². The highest BCUT2D eigenvalue weighted by atomic mass is 79.9. The summed E-state index contributed by atoms with van der Waals surface area (Å²) in [6.07, 6.45) is 0. The van der Waals surface area contributed by atoms with Crippen molar-refractivity contribution < 1.29 is 22.8 Å². The maximum Gasteiger partial charge on any atom is 0.282 e. The van der Waals surface area contributed by atoms with Crippen LogP contribution in [-0.4, -0.2) is 82.0 Å². The van der Waals surface area contributed by atoms with Crippen LogP contribution in [0.15, 0.2) is 28.7 Å². The van der Waals surface area contributed by atoms with Crippen LogP contribution in [0.4, 0.5) is 5.69 Å². The molecule has 0 aliphatic carbocycles. The molecule has 3 rings (SSSR count). The number of benzene rings is 1. The largest absolute Gasteiger partial charge is 0.379 e. The van der Waals surface area contributed by atoms with Crippen LogP contribution in [0.1, 0.15) is 0 Å². The van der Waals surface area contributed by atoms with Crippen LogP contribution < -0.4 is 10.2 Å². The van der Waals surface area contributed by atoms with Gasteiger partial charge in [-0.05, 0) is 24.3 Å². The average molecular weight is 448 g/mol. The Morgan fingerprint density at radius 2 is 1.65 bits per heavy atom. The second-order valence-electron chi connectivity index (χ2n) is 6.40. The predicted octanol–water partition coefficient (Wildman–Crippen LogP) is -0.835. The number of amides is 1. The summed E-state index contributed by atoms with van der Waals surface area (Å²) in [5, 5.41) is 2.88. The zero-order chi connectivity index (χ0) is 18.6. The summed E-state index contributed by atoms with van der Waals surface area (Å²) in [6, 6.07) is 7.42. The minimum Gasteiger partial charge on any atom is -0.379 e. The topological polar surface area (TPSA) is 83.4 Å². The zero-order valence-corrected chi connectivity index (χ0v) is 16.9. The molecule has 2 N–H and O–H groups in total. The maximum absolute atomic E-state index is 12.6. The third-order valence-corrected chi connectivity index (χ3v) is 7.15. The molecule has 0 spiro atoms. The third kappa shape index (κ3) is 5.02. The molecule has 1 amide bonds. The van der Waals surface area contributed by atoms with Gasteiger partial charge in [0, 0.05) is 23.2 Å². The second-order valence-corrected chi connectivity index (χ2v) is 9.24. The Balaban J connectivity index is 1.47. The Hall–Kier alpha value is -1.04. The number of hydrogen-bond donors (Lipinski definition) is 2. The molecule has 26 heavy (non-hydrogen) atoms. The van der Waals surface area contributed by atoms with Crippen molar-refractivity contribution in [2.75, 3.05) is 64.3 Å². The van der Waals surface area contributed by atoms with Gasteiger partial charge >= 0.3 is 0 Å². The average Bonchev–Trinajstić information content (AvgIpc) is 2.65. The molecule has 0 saturated carbocycles. The molecule has 10 heteroatoms. The van der Waals surface area contributed by atoms with Crippen LogP contribution >= 0.6 is 15.9 Å². The van der Waals surface area contributed by atoms with E-state index < -0.39 is 10.2 Å². The molecule has 8 nitrogen and oxygen atoms in total. The van der Waals surface area contributed by atoms with Crippen LogP contribution in [0.3, 0.4) is 0 Å². The first-order valence-electron chi connectivity index (χ1n) is 8.67. The summed E-state index contributed by atoms with van der Waals surface area (Å²) in [7, 11) is -3.42. The van der Waals surface area contributed by atoms with E-state index in [9.17, 15) is 13.2 Å². The number of carbonyl (C=O) groups excluding carboxylic acids is 1. The predicted molar refractivity (Wildman–Crippen MR) is 101 cm³/mol. The van der Waals surface area contributed by atoms with E-state index >= 15 is 0 Å². The number of halogens is 1. The molecule has 2 aliphatic heterocycles. The normalized spacial score (nSPS) is 20.8. The van der Waals surface area contributed by atoms with Gasteiger partial charge in [-0.2, -0.15) is 17.0 Å². The Morgan fingerprint density at radius 1 is 1.08 bits per heavy atom. The molecule has 0 radical (unpaired) electrons. The number of carbonyl (C=O) groups is 1. The van der Waals surface area contributed by atoms with Crippen molar-refractivity contribution in [1.29, 1.82) is 0 Å². The summed E-state index contributed by atoms with van der Waals surface area (Å²) >= 11 is 3.36. The van der Waals surface area contributed by atoms with Crippen molar-refractivity contribution in [3.05, 3.63) is 28.7 Å². The molecule has 2 aliphatic rings. The van der Waals surface area contributed by atoms with Crippen molar-refractivity contribution in [2.45, 2.75) is 0 Å². The van der Waals surface area contributed by atoms with Gasteiger partial charge in [0.2, 0.25) is 0 Å². The summed E-state index contributed by atoms with van der Waals surface area (Å²) in [5.74, 6) is -0.0631. The van der Waals surface area contributed by atoms with Gasteiger partial charge in [-0.25, -0.2) is 0 Å². The molecule has 0 unspecified atom stereocenters. The summed E-state index contributed by atoms with van der Waals surface area (Å²) in [6.45, 7) is 4.15. The minimum absolute atomic E-state index is 0.0631. The monoisotopic (exact) mass is 447 g/mol. The molecule has 2 saturated heterocycles. The lowest BCUT2D eigenvalue weighted by Crippen LogP contribution is -3.15. The van der Waals surface area contributed by atoms with Gasteiger partial charge in [-0.15, -0.1) is 0 Å². The summed E-state index contributed by atoms with van der Waals surface area (Å²) < 4.78 is 34.5. The van der Waals surface area contributed by atoms with Crippen molar-refractivity contribution in [2.24, 2.45) is 0 Å². The number of quaternary nitrogens is 1. The quantitative estimate of drug-likeness (QED) is 0.616. The Kier molecular flexibility index (Phi) is 6.65. The molecule has 2 heterocycles. The fourth-order valence-corrected chi connectivity index (χ4v) is 4.96. The van der Waals surface area contributed by atoms with Crippen molar-refractivity contribution in [1.82, 2.24) is 8.61 Å². The Bertz CT molecular complexity index is 714. The number of hydrogen-bond acceptors (Lipinski definition) is 4. The number of ether oxygens (including phenoxy) is 1. The van der Waals surface area contributed by atoms with Crippen LogP contribution in [0.25, 0.3) is 0 Å². The van der Waals surface area contributed by atoms with E-state index in [0.717, 1.165) is 15.1 Å². The van der Waals surface area contributed by atoms with E-state index in [-0.39, 0.29) is 5.91 Å². The van der Waals surface area contributed by atoms with Gasteiger partial charge in [0.1, 0.15) is 0 Å². The first-order chi connectivity index (χ1) is 12.4. The van der Waals surface area contributed by atoms with E-state index in [1.54, 1.807) is 0 Å². The molecular weight excluding hydrogens is 424 g/mol. The first kappa shape index (κ1) is 19.7. The number of morpholine rings is 1. The highest BCUT2D eigenvalue weighted by Crippen LogP contribution is 2.14. The lowest BCUT2D eigenvalue weighted by molar-refractivity contribution is -0.895. The third-order valence-electron chi connectivity index (χ3n) is 4.59. The first-order valence-corrected chi connectivity index (χ1v) is 10.9. The van der Waals surface area contributed by atoms with Crippen molar-refractivity contribution >= 4 is 37.7 Å². The maximum atomic E-state index is 12.6. The second kappa shape index (κ2) is 8.77. The van der Waals surface area contributed by atoms with Crippen molar-refractivity contribution in [3.63, 3.8) is 0 Å². The minimum atomic E-state index is -3.42. The van der Waals surface area contributed by atoms with E-state index in [1.165, 1.54) is 8.61 Å². The number of rotatable bonds is 5. The summed E-state index contributed by atoms with van der Waals surface area (Å²) in [4.78, 5) is 13.3. The molecule has 1 aromatic carbocycles. The Morgan fingerprint density at radius 3 is 2.27 bits per heavy atom. The highest BCUT2D eigenvalue weighted by Gasteiger charge is 2.34. The molecule has 144 valence electrons. The van der Waals surface area contributed by atoms with Gasteiger partial charge in [0.25, 0.3) is 16.1 Å². The number of nitrogens with zero attached hydrogens (tertiary/aromatic N) is 2. The van der Waals surface area contributed by atoms with Crippen molar-refractivity contribution in [3.8, 4) is 0 Å².